The summed E-state index contributed by atoms with van der Waals surface area (Å²) in [6.07, 6.45) is -1.02. The molecule has 0 aliphatic carbocycles. The van der Waals surface area contributed by atoms with Crippen molar-refractivity contribution in [3.63, 3.8) is 0 Å². The summed E-state index contributed by atoms with van der Waals surface area (Å²) in [6.45, 7) is 4.36. The van der Waals surface area contributed by atoms with Gasteiger partial charge < -0.3 is 14.8 Å². The molecule has 1 N–H and O–H groups in total. The Bertz CT molecular complexity index is 865. The third-order valence-corrected chi connectivity index (χ3v) is 3.93. The van der Waals surface area contributed by atoms with Crippen LogP contribution in [0.5, 0.6) is 5.75 Å². The van der Waals surface area contributed by atoms with E-state index in [1.165, 1.54) is 13.8 Å². The lowest BCUT2D eigenvalue weighted by molar-refractivity contribution is -0.155. The number of hydrogen-bond donors (Lipinski definition) is 1. The van der Waals surface area contributed by atoms with E-state index in [1.807, 2.05) is 0 Å². The molecule has 0 spiro atoms. The Morgan fingerprint density at radius 1 is 1.15 bits per heavy atom. The van der Waals surface area contributed by atoms with Crippen LogP contribution in [0.3, 0.4) is 0 Å². The van der Waals surface area contributed by atoms with Gasteiger partial charge in [-0.25, -0.2) is 4.79 Å². The summed E-state index contributed by atoms with van der Waals surface area (Å²) in [5.41, 5.74) is 1.71. The number of aryl methyl sites for hydroxylation is 1. The number of anilines is 1. The van der Waals surface area contributed by atoms with Crippen LogP contribution >= 0.6 is 11.6 Å². The zero-order valence-electron chi connectivity index (χ0n) is 15.2. The molecule has 2 aromatic carbocycles. The highest BCUT2D eigenvalue weighted by molar-refractivity contribution is 6.30. The molecule has 0 aliphatic heterocycles. The highest BCUT2D eigenvalue weighted by atomic mass is 35.5. The van der Waals surface area contributed by atoms with E-state index in [0.717, 1.165) is 5.56 Å². The average molecular weight is 390 g/mol. The standard InChI is InChI=1S/C20H20ClNO5/c1-12-9-16(21)7-8-18(12)26-11-19(24)27-14(3)20(25)22-17-6-4-5-15(10-17)13(2)23/h4-10,14H,11H2,1-3H3,(H,22,25)/t14-/m1/s1. The summed E-state index contributed by atoms with van der Waals surface area (Å²) >= 11 is 5.87. The zero-order valence-corrected chi connectivity index (χ0v) is 16.0. The molecule has 2 rings (SSSR count). The number of carbonyl (C=O) groups excluding carboxylic acids is 3. The predicted molar refractivity (Wildman–Crippen MR) is 102 cm³/mol. The normalized spacial score (nSPS) is 11.4. The molecule has 0 saturated heterocycles. The predicted octanol–water partition coefficient (Wildman–Crippen LogP) is 3.80. The molecule has 0 heterocycles. The number of esters is 1. The van der Waals surface area contributed by atoms with Gasteiger partial charge in [0.15, 0.2) is 18.5 Å². The quantitative estimate of drug-likeness (QED) is 0.575. The van der Waals surface area contributed by atoms with Gasteiger partial charge in [-0.05, 0) is 56.7 Å². The molecule has 0 bridgehead atoms. The van der Waals surface area contributed by atoms with Crippen molar-refractivity contribution in [1.82, 2.24) is 0 Å². The Morgan fingerprint density at radius 2 is 1.89 bits per heavy atom. The second-order valence-electron chi connectivity index (χ2n) is 5.96. The minimum atomic E-state index is -1.02. The van der Waals surface area contributed by atoms with Gasteiger partial charge in [0.05, 0.1) is 0 Å². The van der Waals surface area contributed by atoms with Gasteiger partial charge in [-0.2, -0.15) is 0 Å². The number of rotatable bonds is 7. The van der Waals surface area contributed by atoms with Crippen LogP contribution in [-0.4, -0.2) is 30.4 Å². The Kier molecular flexibility index (Phi) is 6.96. The van der Waals surface area contributed by atoms with Crippen LogP contribution in [0.2, 0.25) is 5.02 Å². The van der Waals surface area contributed by atoms with Crippen LogP contribution in [0.4, 0.5) is 5.69 Å². The van der Waals surface area contributed by atoms with Crippen molar-refractivity contribution < 1.29 is 23.9 Å². The lowest BCUT2D eigenvalue weighted by Crippen LogP contribution is -2.31. The van der Waals surface area contributed by atoms with Crippen molar-refractivity contribution >= 4 is 34.9 Å². The lowest BCUT2D eigenvalue weighted by atomic mass is 10.1. The summed E-state index contributed by atoms with van der Waals surface area (Å²) in [6, 6.07) is 11.5. The van der Waals surface area contributed by atoms with Crippen molar-refractivity contribution in [2.24, 2.45) is 0 Å². The topological polar surface area (TPSA) is 81.7 Å². The molecule has 7 heteroatoms. The molecule has 6 nitrogen and oxygen atoms in total. The fourth-order valence-corrected chi connectivity index (χ4v) is 2.48. The van der Waals surface area contributed by atoms with Gasteiger partial charge >= 0.3 is 5.97 Å². The number of hydrogen-bond acceptors (Lipinski definition) is 5. The van der Waals surface area contributed by atoms with Crippen LogP contribution in [0.1, 0.15) is 29.8 Å². The zero-order chi connectivity index (χ0) is 20.0. The van der Waals surface area contributed by atoms with E-state index < -0.39 is 18.0 Å². The molecule has 0 unspecified atom stereocenters. The van der Waals surface area contributed by atoms with E-state index in [2.05, 4.69) is 5.32 Å². The third-order valence-electron chi connectivity index (χ3n) is 3.70. The van der Waals surface area contributed by atoms with Crippen LogP contribution in [0, 0.1) is 6.92 Å². The molecule has 27 heavy (non-hydrogen) atoms. The van der Waals surface area contributed by atoms with E-state index in [0.29, 0.717) is 22.0 Å². The van der Waals surface area contributed by atoms with E-state index in [-0.39, 0.29) is 12.4 Å². The first-order chi connectivity index (χ1) is 12.8. The fraction of sp³-hybridized carbons (Fsp3) is 0.250. The highest BCUT2D eigenvalue weighted by Gasteiger charge is 2.19. The number of ether oxygens (including phenoxy) is 2. The number of nitrogens with one attached hydrogen (secondary N) is 1. The smallest absolute Gasteiger partial charge is 0.344 e. The van der Waals surface area contributed by atoms with Crippen LogP contribution in [-0.2, 0) is 14.3 Å². The van der Waals surface area contributed by atoms with Crippen molar-refractivity contribution in [1.29, 1.82) is 0 Å². The van der Waals surface area contributed by atoms with E-state index in [1.54, 1.807) is 49.4 Å². The first-order valence-electron chi connectivity index (χ1n) is 8.26. The maximum Gasteiger partial charge on any atom is 0.344 e. The Balaban J connectivity index is 1.87. The number of halogens is 1. The molecule has 1 amide bonds. The van der Waals surface area contributed by atoms with E-state index in [4.69, 9.17) is 21.1 Å². The molecule has 0 aromatic heterocycles. The third kappa shape index (κ3) is 6.11. The van der Waals surface area contributed by atoms with Gasteiger partial charge in [0.25, 0.3) is 5.91 Å². The number of amides is 1. The summed E-state index contributed by atoms with van der Waals surface area (Å²) < 4.78 is 10.5. The second kappa shape index (κ2) is 9.19. The van der Waals surface area contributed by atoms with Gasteiger partial charge in [-0.3, -0.25) is 9.59 Å². The van der Waals surface area contributed by atoms with E-state index in [9.17, 15) is 14.4 Å². The molecular weight excluding hydrogens is 370 g/mol. The summed E-state index contributed by atoms with van der Waals surface area (Å²) in [7, 11) is 0. The number of Topliss-reactive ketones (excluding diaryl/α,β-unsaturated/α-hetero) is 1. The van der Waals surface area contributed by atoms with Gasteiger partial charge in [-0.1, -0.05) is 23.7 Å². The Hall–Kier alpha value is -2.86. The average Bonchev–Trinajstić information content (AvgIpc) is 2.61. The minimum absolute atomic E-state index is 0.111. The Morgan fingerprint density at radius 3 is 2.56 bits per heavy atom. The SMILES string of the molecule is CC(=O)c1cccc(NC(=O)[C@@H](C)OC(=O)COc2ccc(Cl)cc2C)c1. The highest BCUT2D eigenvalue weighted by Crippen LogP contribution is 2.21. The molecule has 2 aromatic rings. The van der Waals surface area contributed by atoms with Crippen molar-refractivity contribution in [3.05, 3.63) is 58.6 Å². The molecule has 142 valence electrons. The number of ketones is 1. The van der Waals surface area contributed by atoms with E-state index >= 15 is 0 Å². The summed E-state index contributed by atoms with van der Waals surface area (Å²) in [5, 5.41) is 3.18. The molecule has 0 saturated carbocycles. The van der Waals surface area contributed by atoms with Crippen molar-refractivity contribution in [2.75, 3.05) is 11.9 Å². The monoisotopic (exact) mass is 389 g/mol. The summed E-state index contributed by atoms with van der Waals surface area (Å²) in [4.78, 5) is 35.5. The largest absolute Gasteiger partial charge is 0.482 e. The molecule has 0 radical (unpaired) electrons. The van der Waals surface area contributed by atoms with Gasteiger partial charge in [0.1, 0.15) is 5.75 Å². The molecule has 0 fully saturated rings. The van der Waals surface area contributed by atoms with Crippen molar-refractivity contribution in [2.45, 2.75) is 26.9 Å². The fourth-order valence-electron chi connectivity index (χ4n) is 2.26. The number of carbonyl (C=O) groups is 3. The van der Waals surface area contributed by atoms with Crippen molar-refractivity contribution in [3.8, 4) is 5.75 Å². The maximum atomic E-state index is 12.2. The van der Waals surface area contributed by atoms with Crippen LogP contribution < -0.4 is 10.1 Å². The summed E-state index contributed by atoms with van der Waals surface area (Å²) in [5.74, 6) is -0.786. The first kappa shape index (κ1) is 20.5. The second-order valence-corrected chi connectivity index (χ2v) is 6.39. The van der Waals surface area contributed by atoms with Gasteiger partial charge in [0, 0.05) is 16.3 Å². The van der Waals surface area contributed by atoms with Crippen LogP contribution in [0.25, 0.3) is 0 Å². The van der Waals surface area contributed by atoms with Gasteiger partial charge in [0.2, 0.25) is 0 Å². The molecular formula is C20H20ClNO5. The first-order valence-corrected chi connectivity index (χ1v) is 8.64. The minimum Gasteiger partial charge on any atom is -0.482 e. The number of benzene rings is 2. The Labute approximate surface area is 162 Å². The van der Waals surface area contributed by atoms with Gasteiger partial charge in [-0.15, -0.1) is 0 Å². The van der Waals surface area contributed by atoms with Crippen LogP contribution in [0.15, 0.2) is 42.5 Å². The lowest BCUT2D eigenvalue weighted by Gasteiger charge is -2.14. The molecule has 0 aliphatic rings. The maximum absolute atomic E-state index is 12.2. The molecule has 1 atom stereocenters.